The van der Waals surface area contributed by atoms with E-state index in [0.29, 0.717) is 22.1 Å². The van der Waals surface area contributed by atoms with Crippen LogP contribution < -0.4 is 10.4 Å². The highest BCUT2D eigenvalue weighted by molar-refractivity contribution is 7.99. The summed E-state index contributed by atoms with van der Waals surface area (Å²) in [5.41, 5.74) is 1.70. The Morgan fingerprint density at radius 3 is 2.67 bits per heavy atom. The minimum Gasteiger partial charge on any atom is -0.497 e. The molecule has 0 amide bonds. The van der Waals surface area contributed by atoms with Crippen molar-refractivity contribution >= 4 is 23.2 Å². The van der Waals surface area contributed by atoms with E-state index < -0.39 is 5.69 Å². The number of hydrogen-bond acceptors (Lipinski definition) is 6. The van der Waals surface area contributed by atoms with Crippen LogP contribution in [0.3, 0.4) is 0 Å². The van der Waals surface area contributed by atoms with Crippen LogP contribution in [-0.4, -0.2) is 33.0 Å². The third kappa shape index (κ3) is 3.46. The summed E-state index contributed by atoms with van der Waals surface area (Å²) in [4.78, 5) is 32.5. The van der Waals surface area contributed by atoms with Crippen LogP contribution in [0.25, 0.3) is 5.65 Å². The molecule has 0 radical (unpaired) electrons. The topological polar surface area (TPSA) is 73.6 Å². The second kappa shape index (κ2) is 6.84. The predicted molar refractivity (Wildman–Crippen MR) is 92.0 cm³/mol. The minimum atomic E-state index is -0.403. The average molecular weight is 341 g/mol. The zero-order chi connectivity index (χ0) is 17.1. The van der Waals surface area contributed by atoms with Crippen LogP contribution in [0.4, 0.5) is 0 Å². The highest BCUT2D eigenvalue weighted by Gasteiger charge is 2.10. The van der Waals surface area contributed by atoms with E-state index in [2.05, 4.69) is 9.97 Å². The number of carbonyl (C=O) groups is 1. The molecule has 3 rings (SSSR count). The van der Waals surface area contributed by atoms with Crippen molar-refractivity contribution in [2.45, 2.75) is 12.1 Å². The number of aromatic nitrogens is 3. The summed E-state index contributed by atoms with van der Waals surface area (Å²) in [5, 5.41) is 0.299. The number of carbonyl (C=O) groups excluding carboxylic acids is 1. The number of Topliss-reactive ketones (excluding diaryl/α,β-unsaturated/α-hetero) is 1. The molecule has 0 bridgehead atoms. The standard InChI is InChI=1S/C17H15N3O3S/c1-11-7-8-20-15(9-11)18-16(19-17(20)22)24-10-14(21)12-3-5-13(23-2)6-4-12/h3-9H,10H2,1-2H3. The molecular weight excluding hydrogens is 326 g/mol. The van der Waals surface area contributed by atoms with Gasteiger partial charge in [-0.3, -0.25) is 9.20 Å². The number of ether oxygens (including phenoxy) is 1. The van der Waals surface area contributed by atoms with E-state index in [1.54, 1.807) is 43.6 Å². The molecule has 0 fully saturated rings. The smallest absolute Gasteiger partial charge is 0.355 e. The van der Waals surface area contributed by atoms with Crippen molar-refractivity contribution in [2.75, 3.05) is 12.9 Å². The molecular formula is C17H15N3O3S. The van der Waals surface area contributed by atoms with Gasteiger partial charge in [-0.1, -0.05) is 11.8 Å². The fourth-order valence-electron chi connectivity index (χ4n) is 2.15. The average Bonchev–Trinajstić information content (AvgIpc) is 2.59. The van der Waals surface area contributed by atoms with Gasteiger partial charge in [-0.25, -0.2) is 9.78 Å². The van der Waals surface area contributed by atoms with Gasteiger partial charge in [0.2, 0.25) is 0 Å². The van der Waals surface area contributed by atoms with E-state index in [9.17, 15) is 9.59 Å². The maximum atomic E-state index is 12.2. The molecule has 0 aliphatic rings. The summed E-state index contributed by atoms with van der Waals surface area (Å²) in [6.45, 7) is 1.92. The molecule has 1 aromatic carbocycles. The summed E-state index contributed by atoms with van der Waals surface area (Å²) in [6, 6.07) is 10.5. The van der Waals surface area contributed by atoms with Gasteiger partial charge in [-0.15, -0.1) is 0 Å². The molecule has 24 heavy (non-hydrogen) atoms. The second-order valence-corrected chi connectivity index (χ2v) is 6.10. The molecule has 0 aliphatic carbocycles. The Morgan fingerprint density at radius 1 is 1.21 bits per heavy atom. The largest absolute Gasteiger partial charge is 0.497 e. The van der Waals surface area contributed by atoms with Crippen LogP contribution in [-0.2, 0) is 0 Å². The summed E-state index contributed by atoms with van der Waals surface area (Å²) in [6.07, 6.45) is 1.64. The number of thioether (sulfide) groups is 1. The molecule has 122 valence electrons. The number of methoxy groups -OCH3 is 1. The fraction of sp³-hybridized carbons (Fsp3) is 0.176. The zero-order valence-corrected chi connectivity index (χ0v) is 14.0. The first-order valence-corrected chi connectivity index (χ1v) is 8.22. The maximum absolute atomic E-state index is 12.2. The Hall–Kier alpha value is -2.67. The molecule has 0 spiro atoms. The minimum absolute atomic E-state index is 0.0595. The zero-order valence-electron chi connectivity index (χ0n) is 13.2. The molecule has 7 heteroatoms. The number of nitrogens with zero attached hydrogens (tertiary/aromatic N) is 3. The Balaban J connectivity index is 1.77. The molecule has 6 nitrogen and oxygen atoms in total. The third-order valence-corrected chi connectivity index (χ3v) is 4.29. The molecule has 0 aliphatic heterocycles. The summed E-state index contributed by atoms with van der Waals surface area (Å²) in [5.74, 6) is 0.796. The van der Waals surface area contributed by atoms with E-state index in [4.69, 9.17) is 4.74 Å². The number of aryl methyl sites for hydroxylation is 1. The van der Waals surface area contributed by atoms with Gasteiger partial charge in [-0.05, 0) is 48.9 Å². The van der Waals surface area contributed by atoms with Crippen LogP contribution in [0.2, 0.25) is 0 Å². The summed E-state index contributed by atoms with van der Waals surface area (Å²) < 4.78 is 6.45. The predicted octanol–water partition coefficient (Wildman–Crippen LogP) is 2.38. The van der Waals surface area contributed by atoms with Gasteiger partial charge in [0.25, 0.3) is 0 Å². The summed E-state index contributed by atoms with van der Waals surface area (Å²) in [7, 11) is 1.57. The lowest BCUT2D eigenvalue weighted by molar-refractivity contribution is 0.102. The van der Waals surface area contributed by atoms with E-state index in [-0.39, 0.29) is 11.5 Å². The lowest BCUT2D eigenvalue weighted by atomic mass is 10.1. The van der Waals surface area contributed by atoms with Crippen molar-refractivity contribution in [3.63, 3.8) is 0 Å². The normalized spacial score (nSPS) is 10.8. The lowest BCUT2D eigenvalue weighted by Gasteiger charge is -2.04. The first-order valence-electron chi connectivity index (χ1n) is 7.24. The van der Waals surface area contributed by atoms with E-state index in [0.717, 1.165) is 17.3 Å². The first-order chi connectivity index (χ1) is 11.6. The van der Waals surface area contributed by atoms with Crippen LogP contribution in [0.1, 0.15) is 15.9 Å². The molecule has 3 aromatic rings. The van der Waals surface area contributed by atoms with Gasteiger partial charge in [0.1, 0.15) is 11.4 Å². The maximum Gasteiger partial charge on any atom is 0.355 e. The number of pyridine rings is 1. The molecule has 0 saturated heterocycles. The van der Waals surface area contributed by atoms with Gasteiger partial charge in [0, 0.05) is 11.8 Å². The Bertz CT molecular complexity index is 951. The molecule has 2 aromatic heterocycles. The van der Waals surface area contributed by atoms with Crippen LogP contribution in [0.15, 0.2) is 52.5 Å². The lowest BCUT2D eigenvalue weighted by Crippen LogP contribution is -2.19. The molecule has 0 atom stereocenters. The molecule has 0 saturated carbocycles. The number of benzene rings is 1. The number of rotatable bonds is 5. The SMILES string of the molecule is COc1ccc(C(=O)CSc2nc(=O)n3ccc(C)cc3n2)cc1. The van der Waals surface area contributed by atoms with Gasteiger partial charge >= 0.3 is 5.69 Å². The van der Waals surface area contributed by atoms with Crippen molar-refractivity contribution in [3.05, 3.63) is 64.2 Å². The van der Waals surface area contributed by atoms with Gasteiger partial charge < -0.3 is 4.74 Å². The monoisotopic (exact) mass is 341 g/mol. The quantitative estimate of drug-likeness (QED) is 0.524. The molecule has 0 N–H and O–H groups in total. The molecule has 0 unspecified atom stereocenters. The van der Waals surface area contributed by atoms with Crippen LogP contribution in [0.5, 0.6) is 5.75 Å². The van der Waals surface area contributed by atoms with Crippen LogP contribution in [0, 0.1) is 6.92 Å². The fourth-order valence-corrected chi connectivity index (χ4v) is 2.88. The third-order valence-electron chi connectivity index (χ3n) is 3.44. The number of ketones is 1. The Morgan fingerprint density at radius 2 is 1.96 bits per heavy atom. The van der Waals surface area contributed by atoms with Gasteiger partial charge in [0.15, 0.2) is 10.9 Å². The van der Waals surface area contributed by atoms with Gasteiger partial charge in [0.05, 0.1) is 12.9 Å². The van der Waals surface area contributed by atoms with E-state index in [1.165, 1.54) is 4.40 Å². The van der Waals surface area contributed by atoms with E-state index in [1.807, 2.05) is 13.0 Å². The summed E-state index contributed by atoms with van der Waals surface area (Å²) >= 11 is 1.15. The second-order valence-electron chi connectivity index (χ2n) is 5.16. The van der Waals surface area contributed by atoms with Crippen molar-refractivity contribution in [3.8, 4) is 5.75 Å². The Kier molecular flexibility index (Phi) is 4.61. The van der Waals surface area contributed by atoms with Crippen LogP contribution >= 0.6 is 11.8 Å². The number of hydrogen-bond donors (Lipinski definition) is 0. The van der Waals surface area contributed by atoms with Crippen molar-refractivity contribution in [1.82, 2.24) is 14.4 Å². The molecule has 2 heterocycles. The Labute approximate surface area is 142 Å². The number of fused-ring (bicyclic) bond motifs is 1. The first kappa shape index (κ1) is 16.2. The highest BCUT2D eigenvalue weighted by atomic mass is 32.2. The van der Waals surface area contributed by atoms with Crippen molar-refractivity contribution in [2.24, 2.45) is 0 Å². The van der Waals surface area contributed by atoms with Crippen molar-refractivity contribution in [1.29, 1.82) is 0 Å². The van der Waals surface area contributed by atoms with Gasteiger partial charge in [-0.2, -0.15) is 4.98 Å². The highest BCUT2D eigenvalue weighted by Crippen LogP contribution is 2.17. The van der Waals surface area contributed by atoms with Crippen molar-refractivity contribution < 1.29 is 9.53 Å². The van der Waals surface area contributed by atoms with E-state index >= 15 is 0 Å².